The van der Waals surface area contributed by atoms with Gasteiger partial charge in [0.15, 0.2) is 0 Å². The Hall–Kier alpha value is -2.88. The lowest BCUT2D eigenvalue weighted by Gasteiger charge is -2.31. The number of nitrogens with zero attached hydrogens (tertiary/aromatic N) is 3. The molecular formula is C21H29N5O4S. The smallest absolute Gasteiger partial charge is 0.325 e. The zero-order chi connectivity index (χ0) is 22.1. The van der Waals surface area contributed by atoms with Crippen molar-refractivity contribution in [1.29, 1.82) is 0 Å². The Bertz CT molecular complexity index is 867. The van der Waals surface area contributed by atoms with Gasteiger partial charge >= 0.3 is 12.0 Å². The molecule has 0 atom stereocenters. The van der Waals surface area contributed by atoms with E-state index in [0.29, 0.717) is 25.5 Å². The predicted molar refractivity (Wildman–Crippen MR) is 119 cm³/mol. The van der Waals surface area contributed by atoms with E-state index in [-0.39, 0.29) is 12.6 Å². The molecule has 1 aliphatic heterocycles. The van der Waals surface area contributed by atoms with Crippen molar-refractivity contribution in [3.63, 3.8) is 0 Å². The van der Waals surface area contributed by atoms with Crippen molar-refractivity contribution in [3.8, 4) is 5.75 Å². The molecule has 10 heteroatoms. The third-order valence-electron chi connectivity index (χ3n) is 5.09. The van der Waals surface area contributed by atoms with Crippen LogP contribution >= 0.6 is 11.5 Å². The van der Waals surface area contributed by atoms with Crippen LogP contribution in [0.15, 0.2) is 24.3 Å². The van der Waals surface area contributed by atoms with E-state index < -0.39 is 5.97 Å². The summed E-state index contributed by atoms with van der Waals surface area (Å²) in [6.45, 7) is 4.26. The number of urea groups is 1. The molecule has 2 N–H and O–H groups in total. The fraction of sp³-hybridized carbons (Fsp3) is 0.524. The Morgan fingerprint density at radius 1 is 1.26 bits per heavy atom. The van der Waals surface area contributed by atoms with Gasteiger partial charge in [0.2, 0.25) is 5.13 Å². The van der Waals surface area contributed by atoms with Crippen LogP contribution in [0.2, 0.25) is 0 Å². The lowest BCUT2D eigenvalue weighted by atomic mass is 9.97. The van der Waals surface area contributed by atoms with E-state index in [9.17, 15) is 9.59 Å². The predicted octanol–water partition coefficient (Wildman–Crippen LogP) is 2.22. The molecule has 1 aromatic heterocycles. The summed E-state index contributed by atoms with van der Waals surface area (Å²) in [7, 11) is 1.66. The number of carbonyl (C=O) groups is 2. The van der Waals surface area contributed by atoms with Crippen LogP contribution in [0.5, 0.6) is 5.75 Å². The van der Waals surface area contributed by atoms with Crippen LogP contribution in [0.3, 0.4) is 0 Å². The molecule has 1 aliphatic rings. The molecule has 1 aromatic carbocycles. The number of amides is 2. The number of ether oxygens (including phenoxy) is 2. The maximum absolute atomic E-state index is 11.8. The van der Waals surface area contributed by atoms with Gasteiger partial charge in [-0.25, -0.2) is 9.78 Å². The number of rotatable bonds is 9. The Kier molecular flexibility index (Phi) is 8.45. The molecule has 2 heterocycles. The van der Waals surface area contributed by atoms with Gasteiger partial charge in [-0.15, -0.1) is 0 Å². The maximum atomic E-state index is 11.8. The van der Waals surface area contributed by atoms with Crippen molar-refractivity contribution in [3.05, 3.63) is 35.7 Å². The summed E-state index contributed by atoms with van der Waals surface area (Å²) >= 11 is 1.43. The number of methoxy groups -OCH3 is 1. The van der Waals surface area contributed by atoms with Crippen molar-refractivity contribution in [1.82, 2.24) is 20.0 Å². The maximum Gasteiger partial charge on any atom is 0.325 e. The number of anilines is 1. The van der Waals surface area contributed by atoms with Crippen LogP contribution in [0.4, 0.5) is 9.93 Å². The number of aromatic nitrogens is 2. The molecule has 9 nitrogen and oxygen atoms in total. The fourth-order valence-corrected chi connectivity index (χ4v) is 4.14. The van der Waals surface area contributed by atoms with Crippen LogP contribution in [0.25, 0.3) is 0 Å². The average Bonchev–Trinajstić information content (AvgIpc) is 3.25. The van der Waals surface area contributed by atoms with Gasteiger partial charge in [0.05, 0.1) is 13.7 Å². The van der Waals surface area contributed by atoms with Crippen LogP contribution in [-0.4, -0.2) is 61.3 Å². The molecular weight excluding hydrogens is 418 g/mol. The van der Waals surface area contributed by atoms with E-state index in [1.807, 2.05) is 24.3 Å². The molecule has 1 fully saturated rings. The normalized spacial score (nSPS) is 14.2. The summed E-state index contributed by atoms with van der Waals surface area (Å²) in [5.74, 6) is 1.61. The van der Waals surface area contributed by atoms with Gasteiger partial charge in [-0.2, -0.15) is 4.37 Å². The zero-order valence-electron chi connectivity index (χ0n) is 17.9. The van der Waals surface area contributed by atoms with Crippen LogP contribution in [-0.2, 0) is 16.0 Å². The second-order valence-corrected chi connectivity index (χ2v) is 8.05. The third-order valence-corrected chi connectivity index (χ3v) is 5.90. The molecule has 0 radical (unpaired) electrons. The number of benzene rings is 1. The number of nitrogens with one attached hydrogen (secondary N) is 2. The zero-order valence-corrected chi connectivity index (χ0v) is 18.7. The Morgan fingerprint density at radius 2 is 2.06 bits per heavy atom. The third kappa shape index (κ3) is 7.09. The van der Waals surface area contributed by atoms with E-state index in [1.165, 1.54) is 11.5 Å². The van der Waals surface area contributed by atoms with E-state index in [0.717, 1.165) is 48.2 Å². The first-order valence-electron chi connectivity index (χ1n) is 10.4. The quantitative estimate of drug-likeness (QED) is 0.568. The highest BCUT2D eigenvalue weighted by atomic mass is 32.1. The first-order valence-corrected chi connectivity index (χ1v) is 11.2. The molecule has 3 rings (SSSR count). The van der Waals surface area contributed by atoms with Gasteiger partial charge in [-0.1, -0.05) is 12.1 Å². The topological polar surface area (TPSA) is 106 Å². The molecule has 2 amide bonds. The molecule has 0 aliphatic carbocycles. The summed E-state index contributed by atoms with van der Waals surface area (Å²) < 4.78 is 14.6. The van der Waals surface area contributed by atoms with Gasteiger partial charge in [0.25, 0.3) is 0 Å². The van der Waals surface area contributed by atoms with E-state index in [4.69, 9.17) is 14.5 Å². The summed E-state index contributed by atoms with van der Waals surface area (Å²) in [6.07, 6.45) is 2.60. The summed E-state index contributed by atoms with van der Waals surface area (Å²) in [5, 5.41) is 6.29. The first kappa shape index (κ1) is 22.8. The molecule has 0 saturated carbocycles. The van der Waals surface area contributed by atoms with E-state index >= 15 is 0 Å². The van der Waals surface area contributed by atoms with Crippen molar-refractivity contribution >= 4 is 28.7 Å². The second-order valence-electron chi connectivity index (χ2n) is 7.32. The fourth-order valence-electron chi connectivity index (χ4n) is 3.40. The Balaban J connectivity index is 1.40. The highest BCUT2D eigenvalue weighted by Crippen LogP contribution is 2.25. The summed E-state index contributed by atoms with van der Waals surface area (Å²) in [6, 6.07) is 7.60. The molecule has 0 spiro atoms. The number of hydrogen-bond donors (Lipinski definition) is 2. The Labute approximate surface area is 186 Å². The summed E-state index contributed by atoms with van der Waals surface area (Å²) in [4.78, 5) is 30.0. The van der Waals surface area contributed by atoms with Crippen molar-refractivity contribution < 1.29 is 19.1 Å². The lowest BCUT2D eigenvalue weighted by Crippen LogP contribution is -2.43. The highest BCUT2D eigenvalue weighted by molar-refractivity contribution is 7.09. The van der Waals surface area contributed by atoms with Gasteiger partial charge in [0, 0.05) is 37.6 Å². The standard InChI is InChI=1S/C21H29N5O4S/c1-3-30-19(27)14-23-20(28)22-13-15-7-9-26(10-8-15)21-24-18(25-31-21)12-16-5-4-6-17(11-16)29-2/h4-6,11,15H,3,7-10,12-14H2,1-2H3,(H2,22,23,28). The number of esters is 1. The van der Waals surface area contributed by atoms with Gasteiger partial charge < -0.3 is 25.0 Å². The van der Waals surface area contributed by atoms with E-state index in [1.54, 1.807) is 14.0 Å². The number of carbonyl (C=O) groups excluding carboxylic acids is 2. The molecule has 1 saturated heterocycles. The minimum Gasteiger partial charge on any atom is -0.497 e. The van der Waals surface area contributed by atoms with Gasteiger partial charge in [-0.05, 0) is 43.4 Å². The van der Waals surface area contributed by atoms with Crippen molar-refractivity contribution in [2.75, 3.05) is 44.8 Å². The number of hydrogen-bond acceptors (Lipinski definition) is 8. The lowest BCUT2D eigenvalue weighted by molar-refractivity contribution is -0.141. The summed E-state index contributed by atoms with van der Waals surface area (Å²) in [5.41, 5.74) is 1.12. The number of piperidine rings is 1. The molecule has 168 valence electrons. The molecule has 0 unspecified atom stereocenters. The van der Waals surface area contributed by atoms with Crippen LogP contribution < -0.4 is 20.3 Å². The van der Waals surface area contributed by atoms with E-state index in [2.05, 4.69) is 19.9 Å². The highest BCUT2D eigenvalue weighted by Gasteiger charge is 2.22. The SMILES string of the molecule is CCOC(=O)CNC(=O)NCC1CCN(c2nc(Cc3cccc(OC)c3)ns2)CC1. The van der Waals surface area contributed by atoms with Crippen LogP contribution in [0.1, 0.15) is 31.2 Å². The second kappa shape index (κ2) is 11.5. The largest absolute Gasteiger partial charge is 0.497 e. The van der Waals surface area contributed by atoms with Crippen LogP contribution in [0, 0.1) is 5.92 Å². The van der Waals surface area contributed by atoms with Gasteiger partial charge in [-0.3, -0.25) is 4.79 Å². The molecule has 31 heavy (non-hydrogen) atoms. The van der Waals surface area contributed by atoms with Gasteiger partial charge in [0.1, 0.15) is 18.1 Å². The molecule has 0 bridgehead atoms. The minimum atomic E-state index is -0.436. The monoisotopic (exact) mass is 447 g/mol. The minimum absolute atomic E-state index is 0.118. The Morgan fingerprint density at radius 3 is 2.81 bits per heavy atom. The first-order chi connectivity index (χ1) is 15.1. The average molecular weight is 448 g/mol. The van der Waals surface area contributed by atoms with Crippen molar-refractivity contribution in [2.45, 2.75) is 26.2 Å². The molecule has 2 aromatic rings. The van der Waals surface area contributed by atoms with Crippen molar-refractivity contribution in [2.24, 2.45) is 5.92 Å².